The molecule has 0 unspecified atom stereocenters. The van der Waals surface area contributed by atoms with E-state index in [2.05, 4.69) is 73.2 Å². The second-order valence-electron chi connectivity index (χ2n) is 6.10. The van der Waals surface area contributed by atoms with Crippen LogP contribution in [-0.4, -0.2) is 26.4 Å². The molecule has 2 aromatic carbocycles. The lowest BCUT2D eigenvalue weighted by Gasteiger charge is -2.25. The first kappa shape index (κ1) is 21.2. The minimum atomic E-state index is 0.563. The largest absolute Gasteiger partial charge is 0.501 e. The summed E-state index contributed by atoms with van der Waals surface area (Å²) in [4.78, 5) is 2.23. The van der Waals surface area contributed by atoms with Crippen LogP contribution < -0.4 is 4.90 Å². The van der Waals surface area contributed by atoms with Crippen molar-refractivity contribution in [1.82, 2.24) is 0 Å². The van der Waals surface area contributed by atoms with Gasteiger partial charge in [-0.1, -0.05) is 44.0 Å². The van der Waals surface area contributed by atoms with Crippen molar-refractivity contribution in [3.05, 3.63) is 98.2 Å². The van der Waals surface area contributed by atoms with Crippen LogP contribution in [0.1, 0.15) is 11.1 Å². The average molecular weight is 380 g/mol. The van der Waals surface area contributed by atoms with Crippen LogP contribution in [0.2, 0.25) is 0 Å². The van der Waals surface area contributed by atoms with Crippen LogP contribution in [0, 0.1) is 0 Å². The fourth-order valence-electron chi connectivity index (χ4n) is 2.84. The first-order valence-corrected chi connectivity index (χ1v) is 9.41. The smallest absolute Gasteiger partial charge is 0.105 e. The molecule has 0 aromatic heterocycles. The van der Waals surface area contributed by atoms with Crippen LogP contribution >= 0.6 is 0 Å². The fourth-order valence-corrected chi connectivity index (χ4v) is 2.84. The molecule has 0 aliphatic carbocycles. The lowest BCUT2D eigenvalue weighted by Crippen LogP contribution is -2.21. The van der Waals surface area contributed by atoms with Gasteiger partial charge in [0.25, 0.3) is 0 Å². The Morgan fingerprint density at radius 1 is 0.607 bits per heavy atom. The van der Waals surface area contributed by atoms with Crippen molar-refractivity contribution in [3.8, 4) is 0 Å². The number of anilines is 2. The SMILES string of the molecule is C=COCCc1ccc(N(CCOC=C)c2ccc(CCOC=C)cc2)cc1. The van der Waals surface area contributed by atoms with Crippen LogP contribution in [-0.2, 0) is 27.1 Å². The van der Waals surface area contributed by atoms with Crippen molar-refractivity contribution < 1.29 is 14.2 Å². The maximum Gasteiger partial charge on any atom is 0.105 e. The number of ether oxygens (including phenoxy) is 3. The molecule has 4 nitrogen and oxygen atoms in total. The maximum absolute atomic E-state index is 5.36. The number of benzene rings is 2. The molecule has 0 N–H and O–H groups in total. The Labute approximate surface area is 168 Å². The first-order valence-electron chi connectivity index (χ1n) is 9.41. The molecule has 0 saturated heterocycles. The quantitative estimate of drug-likeness (QED) is 0.325. The van der Waals surface area contributed by atoms with Gasteiger partial charge >= 0.3 is 0 Å². The molecule has 2 rings (SSSR count). The molecule has 0 spiro atoms. The van der Waals surface area contributed by atoms with Crippen molar-refractivity contribution in [2.75, 3.05) is 31.3 Å². The highest BCUT2D eigenvalue weighted by atomic mass is 16.5. The Kier molecular flexibility index (Phi) is 9.28. The minimum Gasteiger partial charge on any atom is -0.501 e. The van der Waals surface area contributed by atoms with Crippen molar-refractivity contribution in [2.24, 2.45) is 0 Å². The zero-order valence-electron chi connectivity index (χ0n) is 16.4. The Hall–Kier alpha value is -3.14. The van der Waals surface area contributed by atoms with Crippen molar-refractivity contribution in [3.63, 3.8) is 0 Å². The highest BCUT2D eigenvalue weighted by Gasteiger charge is 2.10. The summed E-state index contributed by atoms with van der Waals surface area (Å²) in [5.74, 6) is 0. The molecule has 0 bridgehead atoms. The van der Waals surface area contributed by atoms with E-state index >= 15 is 0 Å². The van der Waals surface area contributed by atoms with Gasteiger partial charge in [-0.25, -0.2) is 0 Å². The monoisotopic (exact) mass is 379 g/mol. The maximum atomic E-state index is 5.36. The molecule has 0 aliphatic rings. The standard InChI is InChI=1S/C24H29NO3/c1-4-26-18-15-21-7-11-23(12-8-21)25(17-20-28-6-3)24-13-9-22(10-14-24)16-19-27-5-2/h4-14H,1-3,15-20H2. The van der Waals surface area contributed by atoms with E-state index in [0.29, 0.717) is 19.8 Å². The molecule has 0 saturated carbocycles. The van der Waals surface area contributed by atoms with Crippen LogP contribution in [0.25, 0.3) is 0 Å². The van der Waals surface area contributed by atoms with Gasteiger partial charge in [-0.15, -0.1) is 0 Å². The highest BCUT2D eigenvalue weighted by molar-refractivity contribution is 5.63. The fraction of sp³-hybridized carbons (Fsp3) is 0.250. The van der Waals surface area contributed by atoms with Gasteiger partial charge in [0.2, 0.25) is 0 Å². The van der Waals surface area contributed by atoms with E-state index in [-0.39, 0.29) is 0 Å². The molecule has 2 aromatic rings. The van der Waals surface area contributed by atoms with Gasteiger partial charge in [-0.05, 0) is 35.4 Å². The van der Waals surface area contributed by atoms with Gasteiger partial charge in [0.15, 0.2) is 0 Å². The molecule has 0 radical (unpaired) electrons. The molecular formula is C24H29NO3. The molecule has 28 heavy (non-hydrogen) atoms. The van der Waals surface area contributed by atoms with E-state index < -0.39 is 0 Å². The first-order chi connectivity index (χ1) is 13.8. The third-order valence-corrected chi connectivity index (χ3v) is 4.30. The third kappa shape index (κ3) is 6.88. The molecular weight excluding hydrogens is 350 g/mol. The van der Waals surface area contributed by atoms with E-state index in [4.69, 9.17) is 14.2 Å². The van der Waals surface area contributed by atoms with Gasteiger partial charge in [0.1, 0.15) is 6.61 Å². The van der Waals surface area contributed by atoms with Crippen LogP contribution in [0.5, 0.6) is 0 Å². The van der Waals surface area contributed by atoms with E-state index in [1.54, 1.807) is 0 Å². The number of rotatable bonds is 14. The van der Waals surface area contributed by atoms with Crippen molar-refractivity contribution in [2.45, 2.75) is 12.8 Å². The summed E-state index contributed by atoms with van der Waals surface area (Å²) >= 11 is 0. The summed E-state index contributed by atoms with van der Waals surface area (Å²) in [6, 6.07) is 17.0. The molecule has 0 amide bonds. The summed E-state index contributed by atoms with van der Waals surface area (Å²) in [6.07, 6.45) is 6.14. The summed E-state index contributed by atoms with van der Waals surface area (Å²) in [5, 5.41) is 0. The zero-order valence-corrected chi connectivity index (χ0v) is 16.4. The Bertz CT molecular complexity index is 665. The number of hydrogen-bond acceptors (Lipinski definition) is 4. The topological polar surface area (TPSA) is 30.9 Å². The summed E-state index contributed by atoms with van der Waals surface area (Å²) < 4.78 is 15.8. The number of hydrogen-bond donors (Lipinski definition) is 0. The van der Waals surface area contributed by atoms with Crippen molar-refractivity contribution >= 4 is 11.4 Å². The van der Waals surface area contributed by atoms with E-state index in [1.807, 2.05) is 0 Å². The molecule has 0 atom stereocenters. The van der Waals surface area contributed by atoms with E-state index in [1.165, 1.54) is 29.9 Å². The molecule has 0 heterocycles. The van der Waals surface area contributed by atoms with Crippen molar-refractivity contribution in [1.29, 1.82) is 0 Å². The summed E-state index contributed by atoms with van der Waals surface area (Å²) in [6.45, 7) is 13.3. The molecule has 0 fully saturated rings. The predicted molar refractivity (Wildman–Crippen MR) is 116 cm³/mol. The second kappa shape index (κ2) is 12.3. The normalized spacial score (nSPS) is 10.0. The van der Waals surface area contributed by atoms with Crippen LogP contribution in [0.3, 0.4) is 0 Å². The average Bonchev–Trinajstić information content (AvgIpc) is 2.73. The predicted octanol–water partition coefficient (Wildman–Crippen LogP) is 5.39. The minimum absolute atomic E-state index is 0.563. The number of nitrogens with zero attached hydrogens (tertiary/aromatic N) is 1. The molecule has 4 heteroatoms. The highest BCUT2D eigenvalue weighted by Crippen LogP contribution is 2.26. The van der Waals surface area contributed by atoms with Gasteiger partial charge in [0, 0.05) is 24.2 Å². The third-order valence-electron chi connectivity index (χ3n) is 4.30. The van der Waals surface area contributed by atoms with Gasteiger partial charge in [-0.3, -0.25) is 0 Å². The molecule has 148 valence electrons. The molecule has 0 aliphatic heterocycles. The second-order valence-corrected chi connectivity index (χ2v) is 6.10. The van der Waals surface area contributed by atoms with Gasteiger partial charge in [0.05, 0.1) is 38.5 Å². The summed E-state index contributed by atoms with van der Waals surface area (Å²) in [5.41, 5.74) is 4.68. The van der Waals surface area contributed by atoms with E-state index in [9.17, 15) is 0 Å². The lowest BCUT2D eigenvalue weighted by atomic mass is 10.1. The Morgan fingerprint density at radius 2 is 1.00 bits per heavy atom. The zero-order chi connectivity index (χ0) is 20.0. The van der Waals surface area contributed by atoms with E-state index in [0.717, 1.165) is 30.8 Å². The Balaban J connectivity index is 2.11. The summed E-state index contributed by atoms with van der Waals surface area (Å²) in [7, 11) is 0. The Morgan fingerprint density at radius 3 is 1.39 bits per heavy atom. The lowest BCUT2D eigenvalue weighted by molar-refractivity contribution is 0.255. The van der Waals surface area contributed by atoms with Gasteiger partial charge in [-0.2, -0.15) is 0 Å². The van der Waals surface area contributed by atoms with Crippen LogP contribution in [0.15, 0.2) is 87.1 Å². The van der Waals surface area contributed by atoms with Crippen LogP contribution in [0.4, 0.5) is 11.4 Å². The van der Waals surface area contributed by atoms with Gasteiger partial charge < -0.3 is 19.1 Å².